The molecule has 11 heteroatoms. The molecule has 0 radical (unpaired) electrons. The highest BCUT2D eigenvalue weighted by Crippen LogP contribution is 2.32. The Balaban J connectivity index is 1.86. The van der Waals surface area contributed by atoms with Gasteiger partial charge in [0.05, 0.1) is 25.7 Å². The normalized spacial score (nSPS) is 14.8. The molecular formula is C18H15N3O8. The second kappa shape index (κ2) is 7.84. The van der Waals surface area contributed by atoms with E-state index in [1.54, 1.807) is 0 Å². The zero-order valence-electron chi connectivity index (χ0n) is 15.3. The molecule has 1 aromatic carbocycles. The summed E-state index contributed by atoms with van der Waals surface area (Å²) in [6.45, 7) is -0.217. The Bertz CT molecular complexity index is 1040. The second-order valence-corrected chi connectivity index (χ2v) is 5.79. The first kappa shape index (κ1) is 19.6. The van der Waals surface area contributed by atoms with Crippen LogP contribution in [-0.4, -0.2) is 42.0 Å². The maximum absolute atomic E-state index is 12.6. The van der Waals surface area contributed by atoms with E-state index in [0.717, 1.165) is 4.90 Å². The van der Waals surface area contributed by atoms with Gasteiger partial charge in [-0.3, -0.25) is 19.8 Å². The van der Waals surface area contributed by atoms with Crippen molar-refractivity contribution in [2.24, 2.45) is 0 Å². The van der Waals surface area contributed by atoms with Gasteiger partial charge in [0.1, 0.15) is 11.5 Å². The van der Waals surface area contributed by atoms with Crippen molar-refractivity contribution in [3.05, 3.63) is 63.2 Å². The third kappa shape index (κ3) is 3.78. The average Bonchev–Trinajstić information content (AvgIpc) is 3.27. The molecule has 1 fully saturated rings. The third-order valence-electron chi connectivity index (χ3n) is 4.05. The van der Waals surface area contributed by atoms with Gasteiger partial charge < -0.3 is 19.2 Å². The minimum Gasteiger partial charge on any atom is -0.490 e. The van der Waals surface area contributed by atoms with Crippen LogP contribution in [0.15, 0.2) is 40.4 Å². The molecule has 1 N–H and O–H groups in total. The summed E-state index contributed by atoms with van der Waals surface area (Å²) >= 11 is 0. The van der Waals surface area contributed by atoms with Crippen LogP contribution in [-0.2, 0) is 16.1 Å². The Morgan fingerprint density at radius 3 is 2.69 bits per heavy atom. The maximum atomic E-state index is 12.6. The average molecular weight is 401 g/mol. The van der Waals surface area contributed by atoms with Crippen LogP contribution in [0.2, 0.25) is 0 Å². The van der Waals surface area contributed by atoms with E-state index in [0.29, 0.717) is 0 Å². The summed E-state index contributed by atoms with van der Waals surface area (Å²) in [7, 11) is 2.46. The molecule has 3 rings (SSSR count). The number of rotatable bonds is 6. The molecule has 29 heavy (non-hydrogen) atoms. The van der Waals surface area contributed by atoms with E-state index in [2.05, 4.69) is 10.1 Å². The number of imide groups is 1. The summed E-state index contributed by atoms with van der Waals surface area (Å²) in [5.41, 5.74) is -0.117. The quantitative estimate of drug-likeness (QED) is 0.255. The molecule has 0 bridgehead atoms. The lowest BCUT2D eigenvalue weighted by molar-refractivity contribution is -0.385. The van der Waals surface area contributed by atoms with Gasteiger partial charge in [0, 0.05) is 11.6 Å². The van der Waals surface area contributed by atoms with Crippen molar-refractivity contribution in [3.8, 4) is 5.75 Å². The largest absolute Gasteiger partial charge is 0.490 e. The Morgan fingerprint density at radius 2 is 2.03 bits per heavy atom. The van der Waals surface area contributed by atoms with Crippen molar-refractivity contribution in [3.63, 3.8) is 0 Å². The topological polar surface area (TPSA) is 141 Å². The highest BCUT2D eigenvalue weighted by atomic mass is 16.6. The predicted molar refractivity (Wildman–Crippen MR) is 96.8 cm³/mol. The fourth-order valence-corrected chi connectivity index (χ4v) is 2.72. The van der Waals surface area contributed by atoms with Gasteiger partial charge in [0.2, 0.25) is 11.5 Å². The van der Waals surface area contributed by atoms with Gasteiger partial charge in [0.15, 0.2) is 0 Å². The lowest BCUT2D eigenvalue weighted by Crippen LogP contribution is -2.30. The number of carbonyl (C=O) groups excluding carboxylic acids is 3. The lowest BCUT2D eigenvalue weighted by atomic mass is 10.1. The van der Waals surface area contributed by atoms with E-state index in [1.807, 2.05) is 0 Å². The zero-order chi connectivity index (χ0) is 21.1. The molecule has 1 aliphatic heterocycles. The van der Waals surface area contributed by atoms with E-state index in [1.165, 1.54) is 50.6 Å². The molecule has 1 saturated heterocycles. The predicted octanol–water partition coefficient (Wildman–Crippen LogP) is 2.08. The maximum Gasteiger partial charge on any atom is 0.373 e. The van der Waals surface area contributed by atoms with Crippen molar-refractivity contribution < 1.29 is 33.2 Å². The van der Waals surface area contributed by atoms with Crippen LogP contribution in [0.25, 0.3) is 6.08 Å². The molecule has 0 aliphatic carbocycles. The highest BCUT2D eigenvalue weighted by molar-refractivity contribution is 6.14. The van der Waals surface area contributed by atoms with Crippen LogP contribution < -0.4 is 10.1 Å². The number of hydrogen-bond donors (Lipinski definition) is 1. The molecule has 2 heterocycles. The number of furan rings is 1. The zero-order valence-corrected chi connectivity index (χ0v) is 15.3. The smallest absolute Gasteiger partial charge is 0.373 e. The van der Waals surface area contributed by atoms with Crippen LogP contribution in [0.4, 0.5) is 10.5 Å². The monoisotopic (exact) mass is 401 g/mol. The number of nitrogens with zero attached hydrogens (tertiary/aromatic N) is 2. The van der Waals surface area contributed by atoms with E-state index >= 15 is 0 Å². The first-order chi connectivity index (χ1) is 13.8. The number of methoxy groups -OCH3 is 2. The molecule has 150 valence electrons. The standard InChI is InChI=1S/C18H15N3O8/c1-27-15-10(4-3-5-13(15)21(25)26)8-12-16(22)20(18(24)19-12)9-11-6-7-14(29-11)17(23)28-2/h3-8H,9H2,1-2H3,(H,19,24)/b12-8-. The van der Waals surface area contributed by atoms with Crippen molar-refractivity contribution in [1.82, 2.24) is 10.2 Å². The Labute approximate surface area is 163 Å². The number of benzene rings is 1. The second-order valence-electron chi connectivity index (χ2n) is 5.79. The number of para-hydroxylation sites is 1. The Morgan fingerprint density at radius 1 is 1.28 bits per heavy atom. The lowest BCUT2D eigenvalue weighted by Gasteiger charge is -2.09. The fourth-order valence-electron chi connectivity index (χ4n) is 2.72. The van der Waals surface area contributed by atoms with Gasteiger partial charge in [-0.15, -0.1) is 0 Å². The molecule has 3 amide bonds. The minimum atomic E-state index is -0.707. The summed E-state index contributed by atoms with van der Waals surface area (Å²) in [4.78, 5) is 47.6. The van der Waals surface area contributed by atoms with Crippen LogP contribution in [0, 0.1) is 10.1 Å². The van der Waals surface area contributed by atoms with Gasteiger partial charge in [0.25, 0.3) is 5.91 Å². The summed E-state index contributed by atoms with van der Waals surface area (Å²) in [5, 5.41) is 13.5. The number of nitro groups is 1. The molecule has 0 spiro atoms. The Hall–Kier alpha value is -4.15. The van der Waals surface area contributed by atoms with E-state index in [9.17, 15) is 24.5 Å². The highest BCUT2D eigenvalue weighted by Gasteiger charge is 2.35. The van der Waals surface area contributed by atoms with Crippen LogP contribution in [0.1, 0.15) is 21.9 Å². The molecule has 2 aromatic rings. The molecule has 0 saturated carbocycles. The molecule has 0 atom stereocenters. The third-order valence-corrected chi connectivity index (χ3v) is 4.05. The number of nitrogens with one attached hydrogen (secondary N) is 1. The molecule has 11 nitrogen and oxygen atoms in total. The van der Waals surface area contributed by atoms with Gasteiger partial charge >= 0.3 is 17.7 Å². The number of ether oxygens (including phenoxy) is 2. The molecule has 1 aliphatic rings. The molecular weight excluding hydrogens is 386 g/mol. The van der Waals surface area contributed by atoms with Crippen molar-refractivity contribution >= 4 is 29.7 Å². The van der Waals surface area contributed by atoms with Gasteiger partial charge in [-0.05, 0) is 18.2 Å². The van der Waals surface area contributed by atoms with E-state index in [4.69, 9.17) is 9.15 Å². The summed E-state index contributed by atoms with van der Waals surface area (Å²) < 4.78 is 14.9. The van der Waals surface area contributed by atoms with E-state index in [-0.39, 0.29) is 40.8 Å². The minimum absolute atomic E-state index is 0.0424. The molecule has 1 aromatic heterocycles. The van der Waals surface area contributed by atoms with Gasteiger partial charge in [-0.25, -0.2) is 9.59 Å². The SMILES string of the molecule is COC(=O)c1ccc(CN2C(=O)N/C(=C\c3cccc([N+](=O)[O-])c3OC)C2=O)o1. The van der Waals surface area contributed by atoms with Gasteiger partial charge in [-0.1, -0.05) is 12.1 Å². The van der Waals surface area contributed by atoms with Crippen LogP contribution >= 0.6 is 0 Å². The van der Waals surface area contributed by atoms with Crippen LogP contribution in [0.3, 0.4) is 0 Å². The summed E-state index contributed by atoms with van der Waals surface area (Å²) in [6.07, 6.45) is 1.29. The number of hydrogen-bond acceptors (Lipinski definition) is 8. The Kier molecular flexibility index (Phi) is 5.30. The summed E-state index contributed by atoms with van der Waals surface area (Å²) in [5.74, 6) is -1.26. The first-order valence-electron chi connectivity index (χ1n) is 8.18. The number of urea groups is 1. The summed E-state index contributed by atoms with van der Waals surface area (Å²) in [6, 6.07) is 6.31. The van der Waals surface area contributed by atoms with Crippen molar-refractivity contribution in [2.75, 3.05) is 14.2 Å². The first-order valence-corrected chi connectivity index (χ1v) is 8.18. The molecule has 0 unspecified atom stereocenters. The number of amides is 3. The van der Waals surface area contributed by atoms with Gasteiger partial charge in [-0.2, -0.15) is 0 Å². The number of nitro benzene ring substituents is 1. The van der Waals surface area contributed by atoms with E-state index < -0.39 is 22.8 Å². The van der Waals surface area contributed by atoms with Crippen LogP contribution in [0.5, 0.6) is 5.75 Å². The number of carbonyl (C=O) groups is 3. The van der Waals surface area contributed by atoms with Crippen molar-refractivity contribution in [1.29, 1.82) is 0 Å². The number of esters is 1. The van der Waals surface area contributed by atoms with Crippen molar-refractivity contribution in [2.45, 2.75) is 6.54 Å². The fraction of sp³-hybridized carbons (Fsp3) is 0.167.